The Labute approximate surface area is 95.8 Å². The first-order valence-corrected chi connectivity index (χ1v) is 8.14. The maximum Gasteiger partial charge on any atom is 0.230 e. The molecule has 0 aromatic carbocycles. The van der Waals surface area contributed by atoms with Crippen molar-refractivity contribution in [2.75, 3.05) is 18.1 Å². The molecule has 1 aliphatic rings. The van der Waals surface area contributed by atoms with Crippen molar-refractivity contribution in [3.05, 3.63) is 0 Å². The van der Waals surface area contributed by atoms with Gasteiger partial charge in [0.1, 0.15) is 0 Å². The highest BCUT2D eigenvalue weighted by atomic mass is 32.2. The van der Waals surface area contributed by atoms with Gasteiger partial charge in [0.05, 0.1) is 17.6 Å². The molecule has 2 unspecified atom stereocenters. The Morgan fingerprint density at radius 2 is 2.06 bits per heavy atom. The highest BCUT2D eigenvalue weighted by Gasteiger charge is 2.38. The van der Waals surface area contributed by atoms with E-state index >= 15 is 0 Å². The van der Waals surface area contributed by atoms with Gasteiger partial charge in [0.2, 0.25) is 10.0 Å². The number of rotatable bonds is 2. The Balaban J connectivity index is 2.98. The average Bonchev–Trinajstić information content (AvgIpc) is 2.14. The first kappa shape index (κ1) is 13.4. The zero-order chi connectivity index (χ0) is 12.6. The Morgan fingerprint density at radius 3 is 2.50 bits per heavy atom. The second-order valence-electron chi connectivity index (χ2n) is 3.89. The van der Waals surface area contributed by atoms with Crippen LogP contribution >= 0.6 is 0 Å². The molecule has 0 aromatic heterocycles. The van der Waals surface area contributed by atoms with Gasteiger partial charge in [-0.2, -0.15) is 9.57 Å². The molecule has 1 rings (SSSR count). The lowest BCUT2D eigenvalue weighted by atomic mass is 10.4. The molecule has 92 valence electrons. The van der Waals surface area contributed by atoms with Crippen LogP contribution in [-0.2, 0) is 19.9 Å². The molecule has 0 N–H and O–H groups in total. The standard InChI is InChI=1S/C8H14N2O4S2/c1-7-6-15(11,12)4-3-10(7)16(13,14)8(2)5-9/h7-8H,3-4,6H2,1-2H3. The van der Waals surface area contributed by atoms with E-state index in [1.807, 2.05) is 0 Å². The van der Waals surface area contributed by atoms with Crippen LogP contribution in [0.1, 0.15) is 13.8 Å². The van der Waals surface area contributed by atoms with E-state index in [0.29, 0.717) is 0 Å². The maximum absolute atomic E-state index is 11.8. The van der Waals surface area contributed by atoms with Crippen molar-refractivity contribution >= 4 is 19.9 Å². The van der Waals surface area contributed by atoms with Crippen molar-refractivity contribution in [3.63, 3.8) is 0 Å². The molecule has 0 saturated carbocycles. The second kappa shape index (κ2) is 4.31. The Hall–Kier alpha value is -0.650. The number of nitriles is 1. The highest BCUT2D eigenvalue weighted by molar-refractivity contribution is 7.92. The molecule has 1 aliphatic heterocycles. The molecule has 6 nitrogen and oxygen atoms in total. The predicted octanol–water partition coefficient (Wildman–Crippen LogP) is -0.653. The molecule has 0 amide bonds. The molecule has 16 heavy (non-hydrogen) atoms. The third-order valence-corrected chi connectivity index (χ3v) is 6.55. The van der Waals surface area contributed by atoms with Crippen LogP contribution in [0, 0.1) is 11.3 Å². The van der Waals surface area contributed by atoms with Crippen LogP contribution < -0.4 is 0 Å². The van der Waals surface area contributed by atoms with Gasteiger partial charge in [-0.15, -0.1) is 0 Å². The molecule has 2 atom stereocenters. The smallest absolute Gasteiger partial charge is 0.229 e. The number of sulfonamides is 1. The fourth-order valence-electron chi connectivity index (χ4n) is 1.63. The lowest BCUT2D eigenvalue weighted by molar-refractivity contribution is 0.355. The molecule has 0 bridgehead atoms. The van der Waals surface area contributed by atoms with E-state index in [2.05, 4.69) is 0 Å². The van der Waals surface area contributed by atoms with Gasteiger partial charge in [-0.3, -0.25) is 0 Å². The van der Waals surface area contributed by atoms with Gasteiger partial charge < -0.3 is 0 Å². The fraction of sp³-hybridized carbons (Fsp3) is 0.875. The van der Waals surface area contributed by atoms with Crippen molar-refractivity contribution in [3.8, 4) is 6.07 Å². The summed E-state index contributed by atoms with van der Waals surface area (Å²) in [6, 6.07) is 1.07. The van der Waals surface area contributed by atoms with E-state index < -0.39 is 31.2 Å². The summed E-state index contributed by atoms with van der Waals surface area (Å²) in [5.74, 6) is -0.348. The number of nitrogens with zero attached hydrogens (tertiary/aromatic N) is 2. The van der Waals surface area contributed by atoms with Gasteiger partial charge in [-0.25, -0.2) is 16.8 Å². The quantitative estimate of drug-likeness (QED) is 0.661. The zero-order valence-electron chi connectivity index (χ0n) is 9.12. The molecule has 0 spiro atoms. The third-order valence-electron chi connectivity index (χ3n) is 2.56. The van der Waals surface area contributed by atoms with E-state index in [9.17, 15) is 16.8 Å². The maximum atomic E-state index is 11.8. The monoisotopic (exact) mass is 266 g/mol. The summed E-state index contributed by atoms with van der Waals surface area (Å²) in [5.41, 5.74) is 0. The van der Waals surface area contributed by atoms with Gasteiger partial charge in [0.25, 0.3) is 0 Å². The lowest BCUT2D eigenvalue weighted by Crippen LogP contribution is -2.51. The molecule has 8 heteroatoms. The molecule has 1 heterocycles. The fourth-order valence-corrected chi connectivity index (χ4v) is 4.86. The number of sulfone groups is 1. The topological polar surface area (TPSA) is 95.3 Å². The van der Waals surface area contributed by atoms with Gasteiger partial charge in [0.15, 0.2) is 15.1 Å². The Bertz CT molecular complexity index is 503. The zero-order valence-corrected chi connectivity index (χ0v) is 10.8. The van der Waals surface area contributed by atoms with Crippen molar-refractivity contribution < 1.29 is 16.8 Å². The number of hydrogen-bond donors (Lipinski definition) is 0. The van der Waals surface area contributed by atoms with E-state index in [1.165, 1.54) is 6.92 Å². The van der Waals surface area contributed by atoms with Crippen molar-refractivity contribution in [1.82, 2.24) is 4.31 Å². The van der Waals surface area contributed by atoms with Crippen molar-refractivity contribution in [2.24, 2.45) is 0 Å². The highest BCUT2D eigenvalue weighted by Crippen LogP contribution is 2.18. The molecule has 0 aliphatic carbocycles. The molecule has 0 aromatic rings. The summed E-state index contributed by atoms with van der Waals surface area (Å²) < 4.78 is 47.4. The number of hydrogen-bond acceptors (Lipinski definition) is 5. The SMILES string of the molecule is CC1CS(=O)(=O)CCN1S(=O)(=O)C(C)C#N. The summed E-state index contributed by atoms with van der Waals surface area (Å²) in [7, 11) is -6.85. The van der Waals surface area contributed by atoms with Crippen molar-refractivity contribution in [1.29, 1.82) is 5.26 Å². The van der Waals surface area contributed by atoms with Crippen molar-refractivity contribution in [2.45, 2.75) is 25.1 Å². The Kier molecular flexibility index (Phi) is 3.62. The minimum Gasteiger partial charge on any atom is -0.229 e. The summed E-state index contributed by atoms with van der Waals surface area (Å²) in [6.07, 6.45) is 0. The van der Waals surface area contributed by atoms with Crippen LogP contribution in [0.2, 0.25) is 0 Å². The average molecular weight is 266 g/mol. The predicted molar refractivity (Wildman–Crippen MR) is 58.8 cm³/mol. The first-order chi connectivity index (χ1) is 7.20. The van der Waals surface area contributed by atoms with Crippen LogP contribution in [-0.4, -0.2) is 50.5 Å². The Morgan fingerprint density at radius 1 is 1.50 bits per heavy atom. The van der Waals surface area contributed by atoms with E-state index in [-0.39, 0.29) is 18.1 Å². The first-order valence-electron chi connectivity index (χ1n) is 4.81. The molecular weight excluding hydrogens is 252 g/mol. The van der Waals surface area contributed by atoms with Crippen LogP contribution in [0.4, 0.5) is 0 Å². The molecule has 1 fully saturated rings. The summed E-state index contributed by atoms with van der Waals surface area (Å²) in [6.45, 7) is 2.78. The van der Waals surface area contributed by atoms with E-state index in [4.69, 9.17) is 5.26 Å². The molecule has 0 radical (unpaired) electrons. The lowest BCUT2D eigenvalue weighted by Gasteiger charge is -2.32. The summed E-state index contributed by atoms with van der Waals surface area (Å²) in [4.78, 5) is 0. The largest absolute Gasteiger partial charge is 0.230 e. The summed E-state index contributed by atoms with van der Waals surface area (Å²) >= 11 is 0. The van der Waals surface area contributed by atoms with Gasteiger partial charge in [-0.1, -0.05) is 0 Å². The van der Waals surface area contributed by atoms with Crippen LogP contribution in [0.15, 0.2) is 0 Å². The van der Waals surface area contributed by atoms with Gasteiger partial charge >= 0.3 is 0 Å². The summed E-state index contributed by atoms with van der Waals surface area (Å²) in [5, 5.41) is 7.47. The third kappa shape index (κ3) is 2.53. The van der Waals surface area contributed by atoms with E-state index in [1.54, 1.807) is 13.0 Å². The van der Waals surface area contributed by atoms with Crippen LogP contribution in [0.25, 0.3) is 0 Å². The van der Waals surface area contributed by atoms with Gasteiger partial charge in [0, 0.05) is 12.6 Å². The van der Waals surface area contributed by atoms with E-state index in [0.717, 1.165) is 4.31 Å². The molecular formula is C8H14N2O4S2. The molecule has 1 saturated heterocycles. The van der Waals surface area contributed by atoms with Crippen LogP contribution in [0.3, 0.4) is 0 Å². The minimum absolute atomic E-state index is 0.0577. The minimum atomic E-state index is -3.70. The second-order valence-corrected chi connectivity index (χ2v) is 8.33. The normalized spacial score (nSPS) is 28.2. The van der Waals surface area contributed by atoms with Crippen LogP contribution in [0.5, 0.6) is 0 Å². The van der Waals surface area contributed by atoms with Gasteiger partial charge in [-0.05, 0) is 13.8 Å².